The van der Waals surface area contributed by atoms with Gasteiger partial charge in [0, 0.05) is 0 Å². The molecule has 0 radical (unpaired) electrons. The zero-order chi connectivity index (χ0) is 16.9. The number of carbonyl (C=O) groups excluding carboxylic acids is 1. The van der Waals surface area contributed by atoms with Gasteiger partial charge in [0.05, 0.1) is 13.2 Å². The summed E-state index contributed by atoms with van der Waals surface area (Å²) in [6.45, 7) is 2.05. The normalized spacial score (nSPS) is 14.8. The number of para-hydroxylation sites is 2. The predicted octanol–water partition coefficient (Wildman–Crippen LogP) is 3.65. The highest BCUT2D eigenvalue weighted by Crippen LogP contribution is 2.41. The Balaban J connectivity index is 1.61. The summed E-state index contributed by atoms with van der Waals surface area (Å²) in [5.74, 6) is 1.62. The number of amides is 1. The fraction of sp³-hybridized carbons (Fsp3) is 0.350. The van der Waals surface area contributed by atoms with Gasteiger partial charge in [-0.2, -0.15) is 0 Å². The fourth-order valence-electron chi connectivity index (χ4n) is 2.77. The van der Waals surface area contributed by atoms with E-state index in [4.69, 9.17) is 9.47 Å². The van der Waals surface area contributed by atoms with E-state index in [0.717, 1.165) is 18.4 Å². The Morgan fingerprint density at radius 1 is 1.12 bits per heavy atom. The highest BCUT2D eigenvalue weighted by Gasteiger charge is 2.33. The summed E-state index contributed by atoms with van der Waals surface area (Å²) in [5, 5.41) is 3.12. The Labute approximate surface area is 142 Å². The van der Waals surface area contributed by atoms with Crippen LogP contribution in [0, 0.1) is 12.8 Å². The summed E-state index contributed by atoms with van der Waals surface area (Å²) in [6.07, 6.45) is 2.32. The minimum absolute atomic E-state index is 0.0184. The van der Waals surface area contributed by atoms with E-state index < -0.39 is 0 Å². The molecule has 4 nitrogen and oxygen atoms in total. The molecule has 0 bridgehead atoms. The first kappa shape index (κ1) is 16.4. The molecule has 126 valence electrons. The Morgan fingerprint density at radius 3 is 2.42 bits per heavy atom. The minimum Gasteiger partial charge on any atom is -0.493 e. The molecule has 1 saturated carbocycles. The van der Waals surface area contributed by atoms with Crippen molar-refractivity contribution in [2.45, 2.75) is 25.8 Å². The molecule has 1 unspecified atom stereocenters. The van der Waals surface area contributed by atoms with Gasteiger partial charge in [-0.25, -0.2) is 0 Å². The lowest BCUT2D eigenvalue weighted by Gasteiger charge is -2.19. The third-order valence-electron chi connectivity index (χ3n) is 4.27. The summed E-state index contributed by atoms with van der Waals surface area (Å²) in [4.78, 5) is 12.3. The van der Waals surface area contributed by atoms with Crippen LogP contribution < -0.4 is 14.8 Å². The number of ether oxygens (including phenoxy) is 2. The quantitative estimate of drug-likeness (QED) is 0.845. The second kappa shape index (κ2) is 7.39. The number of hydrogen-bond donors (Lipinski definition) is 1. The van der Waals surface area contributed by atoms with Crippen molar-refractivity contribution in [3.63, 3.8) is 0 Å². The van der Waals surface area contributed by atoms with E-state index in [2.05, 4.69) is 36.5 Å². The van der Waals surface area contributed by atoms with E-state index in [1.165, 1.54) is 5.56 Å². The molecule has 1 aliphatic rings. The van der Waals surface area contributed by atoms with Crippen LogP contribution in [0.5, 0.6) is 11.5 Å². The van der Waals surface area contributed by atoms with Crippen molar-refractivity contribution in [1.29, 1.82) is 0 Å². The number of benzene rings is 2. The van der Waals surface area contributed by atoms with Crippen LogP contribution in [0.3, 0.4) is 0 Å². The van der Waals surface area contributed by atoms with Crippen molar-refractivity contribution in [3.05, 3.63) is 59.7 Å². The lowest BCUT2D eigenvalue weighted by atomic mass is 10.0. The molecular formula is C20H23NO3. The van der Waals surface area contributed by atoms with Crippen LogP contribution in [0.1, 0.15) is 30.0 Å². The van der Waals surface area contributed by atoms with Crippen LogP contribution in [-0.4, -0.2) is 19.6 Å². The smallest absolute Gasteiger partial charge is 0.258 e. The Morgan fingerprint density at radius 2 is 1.79 bits per heavy atom. The average Bonchev–Trinajstić information content (AvgIpc) is 3.44. The first-order chi connectivity index (χ1) is 11.7. The summed E-state index contributed by atoms with van der Waals surface area (Å²) in [7, 11) is 1.59. The van der Waals surface area contributed by atoms with E-state index in [0.29, 0.717) is 17.4 Å². The lowest BCUT2D eigenvalue weighted by molar-refractivity contribution is -0.124. The van der Waals surface area contributed by atoms with Crippen LogP contribution in [-0.2, 0) is 4.79 Å². The number of rotatable bonds is 7. The van der Waals surface area contributed by atoms with Crippen molar-refractivity contribution in [3.8, 4) is 11.5 Å². The molecule has 0 aliphatic heterocycles. The summed E-state index contributed by atoms with van der Waals surface area (Å²) in [6, 6.07) is 15.8. The molecule has 2 aromatic carbocycles. The van der Waals surface area contributed by atoms with Gasteiger partial charge in [0.15, 0.2) is 18.1 Å². The van der Waals surface area contributed by atoms with Crippen molar-refractivity contribution in [2.24, 2.45) is 5.92 Å². The van der Waals surface area contributed by atoms with Crippen LogP contribution in [0.4, 0.5) is 0 Å². The second-order valence-electron chi connectivity index (χ2n) is 6.23. The minimum atomic E-state index is -0.113. The van der Waals surface area contributed by atoms with Crippen molar-refractivity contribution < 1.29 is 14.3 Å². The molecule has 3 rings (SSSR count). The number of hydrogen-bond acceptors (Lipinski definition) is 3. The summed E-state index contributed by atoms with van der Waals surface area (Å²) < 4.78 is 10.8. The molecule has 0 saturated heterocycles. The van der Waals surface area contributed by atoms with Crippen molar-refractivity contribution >= 4 is 5.91 Å². The van der Waals surface area contributed by atoms with E-state index in [9.17, 15) is 4.79 Å². The van der Waals surface area contributed by atoms with E-state index in [1.54, 1.807) is 13.2 Å². The molecular weight excluding hydrogens is 302 g/mol. The summed E-state index contributed by atoms with van der Waals surface area (Å²) in [5.41, 5.74) is 2.38. The molecule has 0 spiro atoms. The SMILES string of the molecule is COc1ccccc1OCC(=O)NC(c1ccc(C)cc1)C1CC1. The van der Waals surface area contributed by atoms with Gasteiger partial charge in [0.25, 0.3) is 5.91 Å². The van der Waals surface area contributed by atoms with Gasteiger partial charge in [-0.3, -0.25) is 4.79 Å². The molecule has 1 amide bonds. The zero-order valence-electron chi connectivity index (χ0n) is 14.1. The van der Waals surface area contributed by atoms with Crippen LogP contribution in [0.15, 0.2) is 48.5 Å². The molecule has 2 aromatic rings. The number of carbonyl (C=O) groups is 1. The average molecular weight is 325 g/mol. The molecule has 0 heterocycles. The summed E-state index contributed by atoms with van der Waals surface area (Å²) >= 11 is 0. The van der Waals surface area contributed by atoms with Crippen LogP contribution in [0.2, 0.25) is 0 Å². The molecule has 1 aliphatic carbocycles. The second-order valence-corrected chi connectivity index (χ2v) is 6.23. The van der Waals surface area contributed by atoms with E-state index in [-0.39, 0.29) is 18.6 Å². The Bertz CT molecular complexity index is 692. The molecule has 0 aromatic heterocycles. The maximum atomic E-state index is 12.3. The number of methoxy groups -OCH3 is 1. The van der Waals surface area contributed by atoms with Gasteiger partial charge in [-0.1, -0.05) is 42.0 Å². The van der Waals surface area contributed by atoms with Crippen LogP contribution >= 0.6 is 0 Å². The number of nitrogens with one attached hydrogen (secondary N) is 1. The zero-order valence-corrected chi connectivity index (χ0v) is 14.1. The van der Waals surface area contributed by atoms with Gasteiger partial charge in [0.1, 0.15) is 0 Å². The van der Waals surface area contributed by atoms with Gasteiger partial charge in [0.2, 0.25) is 0 Å². The van der Waals surface area contributed by atoms with Crippen molar-refractivity contribution in [1.82, 2.24) is 5.32 Å². The fourth-order valence-corrected chi connectivity index (χ4v) is 2.77. The monoisotopic (exact) mass is 325 g/mol. The first-order valence-corrected chi connectivity index (χ1v) is 8.29. The van der Waals surface area contributed by atoms with Crippen molar-refractivity contribution in [2.75, 3.05) is 13.7 Å². The molecule has 4 heteroatoms. The first-order valence-electron chi connectivity index (χ1n) is 8.29. The molecule has 1 fully saturated rings. The van der Waals surface area contributed by atoms with Gasteiger partial charge < -0.3 is 14.8 Å². The number of aryl methyl sites for hydroxylation is 1. The van der Waals surface area contributed by atoms with Crippen LogP contribution in [0.25, 0.3) is 0 Å². The Hall–Kier alpha value is -2.49. The topological polar surface area (TPSA) is 47.6 Å². The third kappa shape index (κ3) is 4.07. The maximum absolute atomic E-state index is 12.3. The van der Waals surface area contributed by atoms with E-state index in [1.807, 2.05) is 18.2 Å². The third-order valence-corrected chi connectivity index (χ3v) is 4.27. The predicted molar refractivity (Wildman–Crippen MR) is 93.3 cm³/mol. The highest BCUT2D eigenvalue weighted by atomic mass is 16.5. The molecule has 1 N–H and O–H groups in total. The standard InChI is InChI=1S/C20H23NO3/c1-14-7-9-15(10-8-14)20(16-11-12-16)21-19(22)13-24-18-6-4-3-5-17(18)23-2/h3-10,16,20H,11-13H2,1-2H3,(H,21,22). The van der Waals surface area contributed by atoms with Gasteiger partial charge in [-0.05, 0) is 43.4 Å². The van der Waals surface area contributed by atoms with Gasteiger partial charge in [-0.15, -0.1) is 0 Å². The lowest BCUT2D eigenvalue weighted by Crippen LogP contribution is -2.33. The maximum Gasteiger partial charge on any atom is 0.258 e. The Kier molecular flexibility index (Phi) is 5.04. The largest absolute Gasteiger partial charge is 0.493 e. The molecule has 1 atom stereocenters. The highest BCUT2D eigenvalue weighted by molar-refractivity contribution is 5.78. The molecule has 24 heavy (non-hydrogen) atoms. The van der Waals surface area contributed by atoms with E-state index >= 15 is 0 Å². The van der Waals surface area contributed by atoms with Gasteiger partial charge >= 0.3 is 0 Å².